The molecule has 0 aliphatic rings. The molecule has 0 atom stereocenters. The summed E-state index contributed by atoms with van der Waals surface area (Å²) in [6.07, 6.45) is 0. The zero-order chi connectivity index (χ0) is 12.2. The smallest absolute Gasteiger partial charge is 0.229 e. The fourth-order valence-corrected chi connectivity index (χ4v) is 1.19. The van der Waals surface area contributed by atoms with Gasteiger partial charge >= 0.3 is 0 Å². The molecule has 0 saturated heterocycles. The summed E-state index contributed by atoms with van der Waals surface area (Å²) < 4.78 is 0. The predicted octanol–water partition coefficient (Wildman–Crippen LogP) is 3.10. The van der Waals surface area contributed by atoms with Crippen molar-refractivity contribution in [3.63, 3.8) is 0 Å². The van der Waals surface area contributed by atoms with Gasteiger partial charge < -0.3 is 10.6 Å². The van der Waals surface area contributed by atoms with E-state index in [0.29, 0.717) is 0 Å². The molecule has 1 rings (SSSR count). The summed E-state index contributed by atoms with van der Waals surface area (Å²) in [7, 11) is 0. The third-order valence-electron chi connectivity index (χ3n) is 2.20. The molecule has 0 aromatic heterocycles. The first-order valence-corrected chi connectivity index (χ1v) is 5.59. The lowest BCUT2D eigenvalue weighted by Crippen LogP contribution is -2.27. The topological polar surface area (TPSA) is 41.1 Å². The maximum absolute atomic E-state index is 11.7. The van der Waals surface area contributed by atoms with Gasteiger partial charge in [-0.1, -0.05) is 20.8 Å². The summed E-state index contributed by atoms with van der Waals surface area (Å²) in [5.41, 5.74) is 1.54. The van der Waals surface area contributed by atoms with Crippen molar-refractivity contribution < 1.29 is 4.79 Å². The molecular formula is C13H20N2O. The Hall–Kier alpha value is -1.51. The van der Waals surface area contributed by atoms with E-state index in [9.17, 15) is 4.79 Å². The average molecular weight is 220 g/mol. The summed E-state index contributed by atoms with van der Waals surface area (Å²) in [4.78, 5) is 11.7. The van der Waals surface area contributed by atoms with Crippen LogP contribution in [0.25, 0.3) is 0 Å². The molecule has 0 saturated carbocycles. The van der Waals surface area contributed by atoms with E-state index < -0.39 is 0 Å². The Kier molecular flexibility index (Phi) is 3.93. The lowest BCUT2D eigenvalue weighted by molar-refractivity contribution is -0.123. The first-order chi connectivity index (χ1) is 7.43. The van der Waals surface area contributed by atoms with Gasteiger partial charge in [-0.15, -0.1) is 0 Å². The first kappa shape index (κ1) is 12.6. The molecule has 0 aliphatic carbocycles. The van der Waals surface area contributed by atoms with Crippen molar-refractivity contribution >= 4 is 17.3 Å². The lowest BCUT2D eigenvalue weighted by atomic mass is 9.95. The highest BCUT2D eigenvalue weighted by molar-refractivity contribution is 5.94. The maximum atomic E-state index is 11.7. The second kappa shape index (κ2) is 5.01. The van der Waals surface area contributed by atoms with Crippen LogP contribution in [-0.4, -0.2) is 12.5 Å². The molecule has 1 aromatic rings. The number of amides is 1. The largest absolute Gasteiger partial charge is 0.385 e. The van der Waals surface area contributed by atoms with Gasteiger partial charge in [0.05, 0.1) is 0 Å². The normalized spacial score (nSPS) is 11.0. The summed E-state index contributed by atoms with van der Waals surface area (Å²) in [5.74, 6) is 0.0312. The third kappa shape index (κ3) is 3.57. The summed E-state index contributed by atoms with van der Waals surface area (Å²) in [5, 5.41) is 6.09. The zero-order valence-corrected chi connectivity index (χ0v) is 10.4. The van der Waals surface area contributed by atoms with Gasteiger partial charge in [-0.3, -0.25) is 4.79 Å². The molecule has 0 heterocycles. The van der Waals surface area contributed by atoms with E-state index in [1.165, 1.54) is 0 Å². The Bertz CT molecular complexity index is 349. The quantitative estimate of drug-likeness (QED) is 0.821. The van der Waals surface area contributed by atoms with Crippen molar-refractivity contribution in [3.8, 4) is 0 Å². The molecule has 0 aliphatic heterocycles. The molecule has 3 heteroatoms. The number of hydrogen-bond donors (Lipinski definition) is 2. The zero-order valence-electron chi connectivity index (χ0n) is 10.4. The van der Waals surface area contributed by atoms with E-state index in [-0.39, 0.29) is 11.3 Å². The van der Waals surface area contributed by atoms with Crippen molar-refractivity contribution in [2.45, 2.75) is 27.7 Å². The number of rotatable bonds is 3. The monoisotopic (exact) mass is 220 g/mol. The predicted molar refractivity (Wildman–Crippen MR) is 68.7 cm³/mol. The van der Waals surface area contributed by atoms with Gasteiger partial charge in [0.25, 0.3) is 0 Å². The number of anilines is 2. The summed E-state index contributed by atoms with van der Waals surface area (Å²) in [6, 6.07) is 7.73. The van der Waals surface area contributed by atoms with Crippen molar-refractivity contribution in [2.24, 2.45) is 5.41 Å². The minimum Gasteiger partial charge on any atom is -0.385 e. The first-order valence-electron chi connectivity index (χ1n) is 5.59. The number of carbonyl (C=O) groups excluding carboxylic acids is 1. The van der Waals surface area contributed by atoms with Gasteiger partial charge in [0.1, 0.15) is 0 Å². The second-order valence-electron chi connectivity index (χ2n) is 4.81. The van der Waals surface area contributed by atoms with E-state index in [1.807, 2.05) is 45.0 Å². The maximum Gasteiger partial charge on any atom is 0.229 e. The van der Waals surface area contributed by atoms with Gasteiger partial charge in [-0.25, -0.2) is 0 Å². The van der Waals surface area contributed by atoms with Crippen molar-refractivity contribution in [1.82, 2.24) is 0 Å². The van der Waals surface area contributed by atoms with Crippen molar-refractivity contribution in [3.05, 3.63) is 24.3 Å². The molecule has 16 heavy (non-hydrogen) atoms. The molecule has 1 amide bonds. The standard InChI is InChI=1S/C13H20N2O/c1-5-14-10-6-8-11(9-7-10)15-12(16)13(2,3)4/h6-9,14H,5H2,1-4H3,(H,15,16). The van der Waals surface area contributed by atoms with Gasteiger partial charge in [0, 0.05) is 23.3 Å². The van der Waals surface area contributed by atoms with Crippen LogP contribution in [0.5, 0.6) is 0 Å². The highest BCUT2D eigenvalue weighted by Gasteiger charge is 2.20. The SMILES string of the molecule is CCNc1ccc(NC(=O)C(C)(C)C)cc1. The number of nitrogens with one attached hydrogen (secondary N) is 2. The summed E-state index contributed by atoms with van der Waals surface area (Å²) in [6.45, 7) is 8.64. The molecule has 3 nitrogen and oxygen atoms in total. The number of carbonyl (C=O) groups is 1. The van der Waals surface area contributed by atoms with Crippen molar-refractivity contribution in [2.75, 3.05) is 17.2 Å². The Balaban J connectivity index is 2.65. The molecule has 1 aromatic carbocycles. The van der Waals surface area contributed by atoms with E-state index >= 15 is 0 Å². The molecule has 88 valence electrons. The van der Waals surface area contributed by atoms with Crippen LogP contribution in [0.3, 0.4) is 0 Å². The molecule has 0 spiro atoms. The van der Waals surface area contributed by atoms with E-state index in [4.69, 9.17) is 0 Å². The van der Waals surface area contributed by atoms with E-state index in [0.717, 1.165) is 17.9 Å². The van der Waals surface area contributed by atoms with Crippen LogP contribution in [0, 0.1) is 5.41 Å². The van der Waals surface area contributed by atoms with Gasteiger partial charge in [0.2, 0.25) is 5.91 Å². The van der Waals surface area contributed by atoms with E-state index in [2.05, 4.69) is 17.6 Å². The van der Waals surface area contributed by atoms with Crippen molar-refractivity contribution in [1.29, 1.82) is 0 Å². The van der Waals surface area contributed by atoms with Crippen LogP contribution in [0.2, 0.25) is 0 Å². The number of benzene rings is 1. The second-order valence-corrected chi connectivity index (χ2v) is 4.81. The van der Waals surface area contributed by atoms with Gasteiger partial charge in [-0.05, 0) is 31.2 Å². The van der Waals surface area contributed by atoms with Crippen LogP contribution in [0.1, 0.15) is 27.7 Å². The third-order valence-corrected chi connectivity index (χ3v) is 2.20. The molecule has 0 bridgehead atoms. The Morgan fingerprint density at radius 1 is 1.12 bits per heavy atom. The summed E-state index contributed by atoms with van der Waals surface area (Å²) >= 11 is 0. The molecule has 0 radical (unpaired) electrons. The Morgan fingerprint density at radius 2 is 1.62 bits per heavy atom. The van der Waals surface area contributed by atoms with Crippen LogP contribution in [-0.2, 0) is 4.79 Å². The minimum atomic E-state index is -0.361. The van der Waals surface area contributed by atoms with Gasteiger partial charge in [0.15, 0.2) is 0 Å². The van der Waals surface area contributed by atoms with Crippen LogP contribution >= 0.6 is 0 Å². The van der Waals surface area contributed by atoms with Crippen LogP contribution in [0.15, 0.2) is 24.3 Å². The van der Waals surface area contributed by atoms with Gasteiger partial charge in [-0.2, -0.15) is 0 Å². The van der Waals surface area contributed by atoms with Crippen LogP contribution in [0.4, 0.5) is 11.4 Å². The molecule has 0 fully saturated rings. The Morgan fingerprint density at radius 3 is 2.06 bits per heavy atom. The lowest BCUT2D eigenvalue weighted by Gasteiger charge is -2.17. The highest BCUT2D eigenvalue weighted by Crippen LogP contribution is 2.18. The molecular weight excluding hydrogens is 200 g/mol. The highest BCUT2D eigenvalue weighted by atomic mass is 16.2. The average Bonchev–Trinajstić information content (AvgIpc) is 2.20. The van der Waals surface area contributed by atoms with Crippen LogP contribution < -0.4 is 10.6 Å². The minimum absolute atomic E-state index is 0.0312. The molecule has 2 N–H and O–H groups in total. The van der Waals surface area contributed by atoms with E-state index in [1.54, 1.807) is 0 Å². The fraction of sp³-hybridized carbons (Fsp3) is 0.462. The fourth-order valence-electron chi connectivity index (χ4n) is 1.19. The Labute approximate surface area is 97.2 Å². The number of hydrogen-bond acceptors (Lipinski definition) is 2. The molecule has 0 unspecified atom stereocenters.